The van der Waals surface area contributed by atoms with Crippen LogP contribution in [-0.2, 0) is 14.9 Å². The minimum Gasteiger partial charge on any atom is -0.339 e. The van der Waals surface area contributed by atoms with Crippen molar-refractivity contribution in [3.8, 4) is 0 Å². The van der Waals surface area contributed by atoms with Crippen molar-refractivity contribution in [2.45, 2.75) is 24.7 Å². The zero-order chi connectivity index (χ0) is 22.8. The Labute approximate surface area is 187 Å². The maximum Gasteiger partial charge on any atom is 0.266 e. The summed E-state index contributed by atoms with van der Waals surface area (Å²) >= 11 is 6.07. The number of Topliss-reactive ketones (excluding diaryl/α,β-unsaturated/α-hetero) is 1. The number of hydroxylamine groups is 1. The Hall–Kier alpha value is -2.26. The largest absolute Gasteiger partial charge is 0.339 e. The number of benzene rings is 2. The topological polar surface area (TPSA) is 84.0 Å². The van der Waals surface area contributed by atoms with Gasteiger partial charge in [0.1, 0.15) is 4.90 Å². The fourth-order valence-corrected chi connectivity index (χ4v) is 5.03. The summed E-state index contributed by atoms with van der Waals surface area (Å²) in [7, 11) is -1.53. The molecule has 0 bridgehead atoms. The highest BCUT2D eigenvalue weighted by molar-refractivity contribution is 7.89. The molecule has 0 spiro atoms. The lowest BCUT2D eigenvalue weighted by Gasteiger charge is -2.31. The van der Waals surface area contributed by atoms with E-state index < -0.39 is 10.0 Å². The molecule has 1 saturated heterocycles. The van der Waals surface area contributed by atoms with Crippen LogP contribution in [0.3, 0.4) is 0 Å². The first-order valence-corrected chi connectivity index (χ1v) is 11.7. The molecule has 1 aliphatic heterocycles. The second-order valence-corrected chi connectivity index (χ2v) is 9.85. The van der Waals surface area contributed by atoms with Crippen LogP contribution in [0.25, 0.3) is 0 Å². The number of carbonyl (C=O) groups is 2. The normalized spacial score (nSPS) is 15.3. The van der Waals surface area contributed by atoms with Gasteiger partial charge in [-0.2, -0.15) is 0 Å². The average Bonchev–Trinajstić information content (AvgIpc) is 2.78. The highest BCUT2D eigenvalue weighted by Crippen LogP contribution is 2.28. The Kier molecular flexibility index (Phi) is 7.16. The van der Waals surface area contributed by atoms with Crippen LogP contribution in [0, 0.1) is 12.8 Å². The number of hydrogen-bond donors (Lipinski definition) is 0. The zero-order valence-corrected chi connectivity index (χ0v) is 19.2. The van der Waals surface area contributed by atoms with E-state index in [1.54, 1.807) is 4.90 Å². The van der Waals surface area contributed by atoms with Gasteiger partial charge < -0.3 is 4.90 Å². The molecule has 3 rings (SSSR count). The fraction of sp³-hybridized carbons (Fsp3) is 0.364. The maximum atomic E-state index is 13.0. The highest BCUT2D eigenvalue weighted by atomic mass is 35.5. The number of piperidine rings is 1. The van der Waals surface area contributed by atoms with E-state index in [0.717, 1.165) is 5.56 Å². The molecular weight excluding hydrogens is 440 g/mol. The van der Waals surface area contributed by atoms with E-state index in [1.807, 2.05) is 31.2 Å². The van der Waals surface area contributed by atoms with Crippen LogP contribution in [0.2, 0.25) is 5.02 Å². The standard InChI is InChI=1S/C22H25ClN2O5S/c1-15-4-6-16(7-5-15)21(26)17-10-12-25(13-11-17)22(27)18-8-9-19(23)20(14-18)31(28,29)24(2)30-3/h4-9,14,17H,10-13H2,1-3H3. The molecule has 0 N–H and O–H groups in total. The number of ketones is 1. The molecule has 0 aliphatic carbocycles. The van der Waals surface area contributed by atoms with Gasteiger partial charge in [-0.05, 0) is 38.0 Å². The summed E-state index contributed by atoms with van der Waals surface area (Å²) in [6, 6.07) is 11.7. The number of halogens is 1. The van der Waals surface area contributed by atoms with Crippen molar-refractivity contribution in [1.82, 2.24) is 9.37 Å². The minimum absolute atomic E-state index is 0.00264. The lowest BCUT2D eigenvalue weighted by atomic mass is 9.88. The molecular formula is C22H25ClN2O5S. The first kappa shape index (κ1) is 23.4. The van der Waals surface area contributed by atoms with Crippen LogP contribution in [0.15, 0.2) is 47.4 Å². The summed E-state index contributed by atoms with van der Waals surface area (Å²) in [5.74, 6) is -0.340. The van der Waals surface area contributed by atoms with Crippen LogP contribution >= 0.6 is 11.6 Å². The van der Waals surface area contributed by atoms with Gasteiger partial charge in [0, 0.05) is 37.2 Å². The Morgan fingerprint density at radius 2 is 1.65 bits per heavy atom. The van der Waals surface area contributed by atoms with Crippen LogP contribution in [0.4, 0.5) is 0 Å². The Balaban J connectivity index is 1.72. The summed E-state index contributed by atoms with van der Waals surface area (Å²) in [4.78, 5) is 31.9. The molecule has 1 heterocycles. The second-order valence-electron chi connectivity index (χ2n) is 7.54. The third-order valence-electron chi connectivity index (χ3n) is 5.54. The molecule has 2 aromatic carbocycles. The summed E-state index contributed by atoms with van der Waals surface area (Å²) in [5.41, 5.74) is 2.00. The minimum atomic E-state index is -4.00. The van der Waals surface area contributed by atoms with Crippen molar-refractivity contribution in [2.24, 2.45) is 5.92 Å². The predicted octanol–water partition coefficient (Wildman–Crippen LogP) is 3.57. The number of aryl methyl sites for hydroxylation is 1. The van der Waals surface area contributed by atoms with E-state index in [1.165, 1.54) is 32.4 Å². The number of amides is 1. The third-order valence-corrected chi connectivity index (χ3v) is 7.70. The van der Waals surface area contributed by atoms with Gasteiger partial charge >= 0.3 is 0 Å². The van der Waals surface area contributed by atoms with Crippen molar-refractivity contribution in [1.29, 1.82) is 0 Å². The molecule has 9 heteroatoms. The molecule has 1 amide bonds. The summed E-state index contributed by atoms with van der Waals surface area (Å²) in [6.07, 6.45) is 1.12. The molecule has 1 aliphatic rings. The average molecular weight is 465 g/mol. The summed E-state index contributed by atoms with van der Waals surface area (Å²) in [5, 5.41) is 0.00264. The quantitative estimate of drug-likeness (QED) is 0.482. The van der Waals surface area contributed by atoms with Gasteiger partial charge in [0.2, 0.25) is 0 Å². The summed E-state index contributed by atoms with van der Waals surface area (Å²) in [6.45, 7) is 2.81. The molecule has 0 aromatic heterocycles. The summed E-state index contributed by atoms with van der Waals surface area (Å²) < 4.78 is 25.8. The Bertz CT molecular complexity index is 1080. The van der Waals surface area contributed by atoms with Crippen molar-refractivity contribution in [3.05, 3.63) is 64.2 Å². The van der Waals surface area contributed by atoms with Crippen molar-refractivity contribution < 1.29 is 22.8 Å². The molecule has 2 aromatic rings. The zero-order valence-electron chi connectivity index (χ0n) is 17.7. The van der Waals surface area contributed by atoms with Gasteiger partial charge in [-0.1, -0.05) is 45.9 Å². The van der Waals surface area contributed by atoms with Gasteiger partial charge in [0.15, 0.2) is 5.78 Å². The van der Waals surface area contributed by atoms with Crippen LogP contribution in [0.5, 0.6) is 0 Å². The molecule has 0 radical (unpaired) electrons. The van der Waals surface area contributed by atoms with E-state index in [4.69, 9.17) is 16.4 Å². The van der Waals surface area contributed by atoms with Crippen molar-refractivity contribution in [2.75, 3.05) is 27.2 Å². The Morgan fingerprint density at radius 3 is 2.23 bits per heavy atom. The number of rotatable bonds is 6. The second kappa shape index (κ2) is 9.48. The van der Waals surface area contributed by atoms with Crippen LogP contribution in [0.1, 0.15) is 39.1 Å². The van der Waals surface area contributed by atoms with Gasteiger partial charge in [-0.3, -0.25) is 14.4 Å². The first-order valence-electron chi connectivity index (χ1n) is 9.88. The van der Waals surface area contributed by atoms with Gasteiger partial charge in [-0.25, -0.2) is 8.42 Å². The van der Waals surface area contributed by atoms with Crippen molar-refractivity contribution >= 4 is 33.3 Å². The smallest absolute Gasteiger partial charge is 0.266 e. The van der Waals surface area contributed by atoms with E-state index >= 15 is 0 Å². The molecule has 166 valence electrons. The van der Waals surface area contributed by atoms with E-state index in [-0.39, 0.29) is 33.1 Å². The lowest BCUT2D eigenvalue weighted by molar-refractivity contribution is -0.0258. The van der Waals surface area contributed by atoms with E-state index in [2.05, 4.69) is 0 Å². The monoisotopic (exact) mass is 464 g/mol. The van der Waals surface area contributed by atoms with Gasteiger partial charge in [0.05, 0.1) is 12.1 Å². The van der Waals surface area contributed by atoms with Crippen molar-refractivity contribution in [3.63, 3.8) is 0 Å². The lowest BCUT2D eigenvalue weighted by Crippen LogP contribution is -2.40. The van der Waals surface area contributed by atoms with E-state index in [0.29, 0.717) is 36.0 Å². The van der Waals surface area contributed by atoms with Gasteiger partial charge in [-0.15, -0.1) is 0 Å². The SMILES string of the molecule is CON(C)S(=O)(=O)c1cc(C(=O)N2CCC(C(=O)c3ccc(C)cc3)CC2)ccc1Cl. The highest BCUT2D eigenvalue weighted by Gasteiger charge is 2.30. The molecule has 1 fully saturated rings. The van der Waals surface area contributed by atoms with Crippen LogP contribution in [-0.4, -0.2) is 56.7 Å². The maximum absolute atomic E-state index is 13.0. The van der Waals surface area contributed by atoms with Crippen LogP contribution < -0.4 is 0 Å². The Morgan fingerprint density at radius 1 is 1.06 bits per heavy atom. The fourth-order valence-electron chi connectivity index (χ4n) is 3.55. The van der Waals surface area contributed by atoms with E-state index in [9.17, 15) is 18.0 Å². The number of likely N-dealkylation sites (tertiary alicyclic amines) is 1. The van der Waals surface area contributed by atoms with Gasteiger partial charge in [0.25, 0.3) is 15.9 Å². The molecule has 31 heavy (non-hydrogen) atoms. The molecule has 7 nitrogen and oxygen atoms in total. The first-order chi connectivity index (χ1) is 14.6. The molecule has 0 atom stereocenters. The molecule has 0 saturated carbocycles. The molecule has 0 unspecified atom stereocenters. The number of hydrogen-bond acceptors (Lipinski definition) is 5. The number of sulfonamides is 1. The predicted molar refractivity (Wildman–Crippen MR) is 118 cm³/mol. The third kappa shape index (κ3) is 4.98. The number of carbonyl (C=O) groups excluding carboxylic acids is 2. The number of nitrogens with zero attached hydrogens (tertiary/aromatic N) is 2.